The van der Waals surface area contributed by atoms with Crippen molar-refractivity contribution in [3.05, 3.63) is 35.8 Å². The lowest BCUT2D eigenvalue weighted by Crippen LogP contribution is -2.12. The molecule has 5 nitrogen and oxygen atoms in total. The number of nitrogens with one attached hydrogen (secondary N) is 1. The smallest absolute Gasteiger partial charge is 0.368 e. The van der Waals surface area contributed by atoms with Gasteiger partial charge in [0.2, 0.25) is 0 Å². The van der Waals surface area contributed by atoms with Gasteiger partial charge in [-0.05, 0) is 18.2 Å². The van der Waals surface area contributed by atoms with E-state index >= 15 is 0 Å². The molecule has 0 aliphatic rings. The van der Waals surface area contributed by atoms with Crippen LogP contribution in [0.5, 0.6) is 0 Å². The average Bonchev–Trinajstić information content (AvgIpc) is 2.75. The Bertz CT molecular complexity index is 532. The van der Waals surface area contributed by atoms with Crippen molar-refractivity contribution in [3.63, 3.8) is 0 Å². The van der Waals surface area contributed by atoms with E-state index in [2.05, 4.69) is 20.6 Å². The Morgan fingerprint density at radius 1 is 1.21 bits per heavy atom. The van der Waals surface area contributed by atoms with Crippen LogP contribution in [-0.2, 0) is 19.6 Å². The van der Waals surface area contributed by atoms with E-state index in [-0.39, 0.29) is 0 Å². The molecule has 102 valence electrons. The molecular formula is C11H12F3N5. The molecule has 0 aliphatic carbocycles. The summed E-state index contributed by atoms with van der Waals surface area (Å²) in [5.74, 6) is 0.309. The molecule has 2 heterocycles. The quantitative estimate of drug-likeness (QED) is 0.922. The fourth-order valence-electron chi connectivity index (χ4n) is 1.49. The van der Waals surface area contributed by atoms with Gasteiger partial charge in [-0.1, -0.05) is 0 Å². The summed E-state index contributed by atoms with van der Waals surface area (Å²) in [6, 6.07) is 4.03. The minimum atomic E-state index is -4.46. The normalized spacial score (nSPS) is 11.6. The van der Waals surface area contributed by atoms with E-state index in [1.165, 1.54) is 6.07 Å². The third kappa shape index (κ3) is 3.67. The van der Waals surface area contributed by atoms with Crippen LogP contribution in [0.3, 0.4) is 0 Å². The molecule has 0 saturated carbocycles. The van der Waals surface area contributed by atoms with Crippen molar-refractivity contribution < 1.29 is 13.2 Å². The second-order valence-corrected chi connectivity index (χ2v) is 3.96. The van der Waals surface area contributed by atoms with E-state index in [9.17, 15) is 13.2 Å². The standard InChI is InChI=1S/C11H12F3N5/c1-19-7-5-8(18-19)4-6-15-10-3-2-9(16-17-10)11(12,13)14/h2-3,5,7H,4,6H2,1H3,(H,15,17). The van der Waals surface area contributed by atoms with E-state index in [1.54, 1.807) is 4.68 Å². The number of alkyl halides is 3. The fraction of sp³-hybridized carbons (Fsp3) is 0.364. The van der Waals surface area contributed by atoms with Crippen LogP contribution >= 0.6 is 0 Å². The first-order valence-corrected chi connectivity index (χ1v) is 5.58. The zero-order valence-electron chi connectivity index (χ0n) is 10.1. The second-order valence-electron chi connectivity index (χ2n) is 3.96. The lowest BCUT2D eigenvalue weighted by atomic mass is 10.3. The van der Waals surface area contributed by atoms with Gasteiger partial charge < -0.3 is 5.32 Å². The molecule has 0 amide bonds. The number of hydrogen-bond donors (Lipinski definition) is 1. The van der Waals surface area contributed by atoms with Crippen LogP contribution in [0.15, 0.2) is 24.4 Å². The van der Waals surface area contributed by atoms with E-state index in [0.717, 1.165) is 11.8 Å². The van der Waals surface area contributed by atoms with Crippen LogP contribution in [0.4, 0.5) is 19.0 Å². The summed E-state index contributed by atoms with van der Waals surface area (Å²) in [5.41, 5.74) is -0.0994. The fourth-order valence-corrected chi connectivity index (χ4v) is 1.49. The van der Waals surface area contributed by atoms with Gasteiger partial charge in [-0.15, -0.1) is 10.2 Å². The first kappa shape index (κ1) is 13.3. The largest absolute Gasteiger partial charge is 0.435 e. The van der Waals surface area contributed by atoms with Gasteiger partial charge in [0.25, 0.3) is 0 Å². The van der Waals surface area contributed by atoms with Crippen LogP contribution < -0.4 is 5.32 Å². The van der Waals surface area contributed by atoms with Gasteiger partial charge in [-0.3, -0.25) is 4.68 Å². The molecule has 1 N–H and O–H groups in total. The van der Waals surface area contributed by atoms with E-state index in [0.29, 0.717) is 18.8 Å². The summed E-state index contributed by atoms with van der Waals surface area (Å²) in [7, 11) is 1.82. The second kappa shape index (κ2) is 5.25. The highest BCUT2D eigenvalue weighted by molar-refractivity contribution is 5.33. The minimum Gasteiger partial charge on any atom is -0.368 e. The summed E-state index contributed by atoms with van der Waals surface area (Å²) < 4.78 is 38.5. The average molecular weight is 271 g/mol. The van der Waals surface area contributed by atoms with Crippen LogP contribution in [0.2, 0.25) is 0 Å². The van der Waals surface area contributed by atoms with Crippen molar-refractivity contribution in [1.29, 1.82) is 0 Å². The lowest BCUT2D eigenvalue weighted by molar-refractivity contribution is -0.141. The molecule has 0 fully saturated rings. The number of aromatic nitrogens is 4. The molecule has 0 atom stereocenters. The molecule has 0 unspecified atom stereocenters. The molecule has 19 heavy (non-hydrogen) atoms. The Hall–Kier alpha value is -2.12. The zero-order valence-corrected chi connectivity index (χ0v) is 10.1. The topological polar surface area (TPSA) is 55.6 Å². The molecular weight excluding hydrogens is 259 g/mol. The molecule has 0 aliphatic heterocycles. The summed E-state index contributed by atoms with van der Waals surface area (Å²) in [6.45, 7) is 0.525. The Kier molecular flexibility index (Phi) is 3.68. The Morgan fingerprint density at radius 3 is 2.53 bits per heavy atom. The predicted octanol–water partition coefficient (Wildman–Crippen LogP) is 1.88. The van der Waals surface area contributed by atoms with Gasteiger partial charge in [-0.2, -0.15) is 18.3 Å². The van der Waals surface area contributed by atoms with Crippen LogP contribution in [0.1, 0.15) is 11.4 Å². The van der Waals surface area contributed by atoms with Gasteiger partial charge in [0.15, 0.2) is 5.69 Å². The Labute approximate surface area is 107 Å². The molecule has 8 heteroatoms. The van der Waals surface area contributed by atoms with Gasteiger partial charge in [0.05, 0.1) is 5.69 Å². The Balaban J connectivity index is 1.86. The number of anilines is 1. The maximum atomic E-state index is 12.3. The lowest BCUT2D eigenvalue weighted by Gasteiger charge is -2.06. The molecule has 0 bridgehead atoms. The minimum absolute atomic E-state index is 0.309. The van der Waals surface area contributed by atoms with Crippen molar-refractivity contribution in [2.24, 2.45) is 7.05 Å². The van der Waals surface area contributed by atoms with Crippen molar-refractivity contribution in [3.8, 4) is 0 Å². The highest BCUT2D eigenvalue weighted by Crippen LogP contribution is 2.26. The molecule has 0 aromatic carbocycles. The van der Waals surface area contributed by atoms with E-state index < -0.39 is 11.9 Å². The van der Waals surface area contributed by atoms with Gasteiger partial charge in [0, 0.05) is 26.2 Å². The summed E-state index contributed by atoms with van der Waals surface area (Å²) >= 11 is 0. The van der Waals surface area contributed by atoms with Crippen LogP contribution in [0.25, 0.3) is 0 Å². The summed E-state index contributed by atoms with van der Waals surface area (Å²) in [6.07, 6.45) is -1.98. The van der Waals surface area contributed by atoms with Crippen molar-refractivity contribution in [2.75, 3.05) is 11.9 Å². The number of rotatable bonds is 4. The first-order valence-electron chi connectivity index (χ1n) is 5.58. The Morgan fingerprint density at radius 2 is 2.00 bits per heavy atom. The molecule has 2 aromatic heterocycles. The molecule has 2 rings (SSSR count). The summed E-state index contributed by atoms with van der Waals surface area (Å²) in [4.78, 5) is 0. The van der Waals surface area contributed by atoms with E-state index in [4.69, 9.17) is 0 Å². The first-order chi connectivity index (χ1) is 8.95. The highest BCUT2D eigenvalue weighted by atomic mass is 19.4. The number of aryl methyl sites for hydroxylation is 1. The number of halogens is 3. The van der Waals surface area contributed by atoms with Gasteiger partial charge in [0.1, 0.15) is 5.82 Å². The maximum Gasteiger partial charge on any atom is 0.435 e. The van der Waals surface area contributed by atoms with Crippen LogP contribution in [0, 0.1) is 0 Å². The molecule has 0 saturated heterocycles. The predicted molar refractivity (Wildman–Crippen MR) is 62.4 cm³/mol. The van der Waals surface area contributed by atoms with Crippen molar-refractivity contribution in [2.45, 2.75) is 12.6 Å². The van der Waals surface area contributed by atoms with Crippen LogP contribution in [-0.4, -0.2) is 26.5 Å². The number of nitrogens with zero attached hydrogens (tertiary/aromatic N) is 4. The SMILES string of the molecule is Cn1ccc(CCNc2ccc(C(F)(F)F)nn2)n1. The van der Waals surface area contributed by atoms with Crippen molar-refractivity contribution in [1.82, 2.24) is 20.0 Å². The molecule has 0 spiro atoms. The van der Waals surface area contributed by atoms with Gasteiger partial charge >= 0.3 is 6.18 Å². The molecule has 0 radical (unpaired) electrons. The third-order valence-electron chi connectivity index (χ3n) is 2.41. The van der Waals surface area contributed by atoms with Gasteiger partial charge in [-0.25, -0.2) is 0 Å². The highest BCUT2D eigenvalue weighted by Gasteiger charge is 2.32. The third-order valence-corrected chi connectivity index (χ3v) is 2.41. The maximum absolute atomic E-state index is 12.3. The molecule has 2 aromatic rings. The zero-order chi connectivity index (χ0) is 13.9. The monoisotopic (exact) mass is 271 g/mol. The number of hydrogen-bond acceptors (Lipinski definition) is 4. The van der Waals surface area contributed by atoms with E-state index in [1.807, 2.05) is 19.3 Å². The summed E-state index contributed by atoms with van der Waals surface area (Å²) in [5, 5.41) is 13.7. The van der Waals surface area contributed by atoms with Crippen molar-refractivity contribution >= 4 is 5.82 Å².